The molecule has 0 radical (unpaired) electrons. The number of nitrogens with zero attached hydrogens (tertiary/aromatic N) is 4. The quantitative estimate of drug-likeness (QED) is 0.670. The summed E-state index contributed by atoms with van der Waals surface area (Å²) in [6.45, 7) is 1.43. The molecule has 0 aliphatic heterocycles. The summed E-state index contributed by atoms with van der Waals surface area (Å²) in [5, 5.41) is 16.4. The van der Waals surface area contributed by atoms with Crippen molar-refractivity contribution in [3.8, 4) is 11.8 Å². The van der Waals surface area contributed by atoms with Gasteiger partial charge in [0.05, 0.1) is 28.0 Å². The van der Waals surface area contributed by atoms with Crippen molar-refractivity contribution in [1.82, 2.24) is 19.7 Å². The van der Waals surface area contributed by atoms with Crippen molar-refractivity contribution in [2.24, 2.45) is 0 Å². The van der Waals surface area contributed by atoms with Gasteiger partial charge in [-0.1, -0.05) is 16.8 Å². The lowest BCUT2D eigenvalue weighted by Crippen LogP contribution is -2.32. The van der Waals surface area contributed by atoms with Gasteiger partial charge in [0, 0.05) is 0 Å². The highest BCUT2D eigenvalue weighted by Gasteiger charge is 2.26. The Bertz CT molecular complexity index is 1280. The van der Waals surface area contributed by atoms with Gasteiger partial charge in [0.15, 0.2) is 5.69 Å². The Morgan fingerprint density at radius 1 is 1.24 bits per heavy atom. The molecule has 1 aromatic heterocycles. The minimum absolute atomic E-state index is 0.129. The molecule has 8 nitrogen and oxygen atoms in total. The van der Waals surface area contributed by atoms with Crippen molar-refractivity contribution < 1.29 is 22.0 Å². The molecule has 3 rings (SSSR count). The van der Waals surface area contributed by atoms with Gasteiger partial charge in [0.1, 0.15) is 16.5 Å². The maximum Gasteiger partial charge on any atom is 0.287 e. The smallest absolute Gasteiger partial charge is 0.266 e. The van der Waals surface area contributed by atoms with Crippen molar-refractivity contribution in [3.63, 3.8) is 0 Å². The van der Waals surface area contributed by atoms with Crippen molar-refractivity contribution >= 4 is 27.5 Å². The molecular formula is C17H10ClF2N5O3S. The monoisotopic (exact) mass is 437 g/mol. The third-order valence-electron chi connectivity index (χ3n) is 3.82. The van der Waals surface area contributed by atoms with E-state index in [1.54, 1.807) is 4.72 Å². The Hall–Kier alpha value is -3.36. The summed E-state index contributed by atoms with van der Waals surface area (Å²) in [6, 6.07) is 8.07. The number of sulfonamides is 1. The van der Waals surface area contributed by atoms with Crippen LogP contribution in [0, 0.1) is 29.9 Å². The van der Waals surface area contributed by atoms with Gasteiger partial charge in [-0.3, -0.25) is 4.79 Å². The van der Waals surface area contributed by atoms with E-state index in [1.165, 1.54) is 29.8 Å². The van der Waals surface area contributed by atoms with Crippen molar-refractivity contribution in [1.29, 1.82) is 5.26 Å². The van der Waals surface area contributed by atoms with Crippen LogP contribution in [-0.2, 0) is 10.0 Å². The number of rotatable bonds is 4. The van der Waals surface area contributed by atoms with Crippen LogP contribution < -0.4 is 4.72 Å². The second-order valence-electron chi connectivity index (χ2n) is 5.72. The number of nitrogens with one attached hydrogen (secondary N) is 1. The molecule has 0 fully saturated rings. The topological polar surface area (TPSA) is 118 Å². The largest absolute Gasteiger partial charge is 0.287 e. The van der Waals surface area contributed by atoms with Crippen LogP contribution in [0.25, 0.3) is 5.69 Å². The summed E-state index contributed by atoms with van der Waals surface area (Å²) < 4.78 is 54.4. The molecule has 0 unspecified atom stereocenters. The Balaban J connectivity index is 1.94. The van der Waals surface area contributed by atoms with Crippen LogP contribution in [0.15, 0.2) is 41.3 Å². The number of carbonyl (C=O) groups is 1. The van der Waals surface area contributed by atoms with Gasteiger partial charge in [-0.15, -0.1) is 5.10 Å². The Kier molecular flexibility index (Phi) is 5.32. The van der Waals surface area contributed by atoms with Gasteiger partial charge in [-0.2, -0.15) is 5.26 Å². The zero-order chi connectivity index (χ0) is 21.3. The van der Waals surface area contributed by atoms with Crippen molar-refractivity contribution in [2.75, 3.05) is 0 Å². The van der Waals surface area contributed by atoms with E-state index < -0.39 is 32.5 Å². The Morgan fingerprint density at radius 3 is 2.62 bits per heavy atom. The summed E-state index contributed by atoms with van der Waals surface area (Å²) in [6.07, 6.45) is 0. The first-order valence-corrected chi connectivity index (χ1v) is 9.64. The lowest BCUT2D eigenvalue weighted by atomic mass is 10.2. The van der Waals surface area contributed by atoms with Gasteiger partial charge in [-0.05, 0) is 43.3 Å². The molecule has 0 aliphatic rings. The third kappa shape index (κ3) is 3.94. The highest BCUT2D eigenvalue weighted by molar-refractivity contribution is 7.90. The van der Waals surface area contributed by atoms with Crippen LogP contribution in [-0.4, -0.2) is 29.3 Å². The van der Waals surface area contributed by atoms with Crippen LogP contribution in [0.3, 0.4) is 0 Å². The summed E-state index contributed by atoms with van der Waals surface area (Å²) >= 11 is 6.11. The van der Waals surface area contributed by atoms with Crippen LogP contribution in [0.2, 0.25) is 5.02 Å². The Labute approximate surface area is 168 Å². The minimum Gasteiger partial charge on any atom is -0.266 e. The average molecular weight is 438 g/mol. The van der Waals surface area contributed by atoms with Crippen LogP contribution in [0.5, 0.6) is 0 Å². The summed E-state index contributed by atoms with van der Waals surface area (Å²) in [7, 11) is -4.70. The first-order chi connectivity index (χ1) is 13.6. The van der Waals surface area contributed by atoms with E-state index in [-0.39, 0.29) is 16.4 Å². The van der Waals surface area contributed by atoms with Gasteiger partial charge < -0.3 is 0 Å². The van der Waals surface area contributed by atoms with E-state index >= 15 is 0 Å². The summed E-state index contributed by atoms with van der Waals surface area (Å²) in [5.74, 6) is -3.41. The molecule has 0 saturated heterocycles. The molecule has 0 atom stereocenters. The van der Waals surface area contributed by atoms with Crippen LogP contribution >= 0.6 is 11.6 Å². The molecule has 0 bridgehead atoms. The SMILES string of the molecule is Cc1c(C(=O)NS(=O)(=O)c2cc(F)ccc2F)nnn1-c1ccc(C#N)cc1Cl. The molecule has 1 amide bonds. The number of amides is 1. The molecule has 0 spiro atoms. The molecule has 12 heteroatoms. The standard InChI is InChI=1S/C17H10ClF2N5O3S/c1-9-16(22-24-25(9)14-5-2-10(8-21)6-12(14)18)17(26)23-29(27,28)15-7-11(19)3-4-13(15)20/h2-7H,1H3,(H,23,26). The lowest BCUT2D eigenvalue weighted by molar-refractivity contribution is 0.0976. The maximum absolute atomic E-state index is 13.8. The van der Waals surface area contributed by atoms with Crippen molar-refractivity contribution in [3.05, 3.63) is 70.0 Å². The van der Waals surface area contributed by atoms with Gasteiger partial charge >= 0.3 is 0 Å². The van der Waals surface area contributed by atoms with Crippen molar-refractivity contribution in [2.45, 2.75) is 11.8 Å². The zero-order valence-electron chi connectivity index (χ0n) is 14.5. The maximum atomic E-state index is 13.8. The van der Waals surface area contributed by atoms with Gasteiger partial charge in [-0.25, -0.2) is 26.6 Å². The Morgan fingerprint density at radius 2 is 1.97 bits per heavy atom. The van der Waals surface area contributed by atoms with Crippen LogP contribution in [0.1, 0.15) is 21.7 Å². The van der Waals surface area contributed by atoms with E-state index in [0.29, 0.717) is 23.4 Å². The highest BCUT2D eigenvalue weighted by Crippen LogP contribution is 2.23. The first-order valence-electron chi connectivity index (χ1n) is 7.78. The number of hydrogen-bond acceptors (Lipinski definition) is 6. The number of halogens is 3. The molecular weight excluding hydrogens is 428 g/mol. The van der Waals surface area contributed by atoms with E-state index in [4.69, 9.17) is 16.9 Å². The fourth-order valence-electron chi connectivity index (χ4n) is 2.42. The number of nitriles is 1. The van der Waals surface area contributed by atoms with E-state index in [9.17, 15) is 22.0 Å². The van der Waals surface area contributed by atoms with E-state index in [2.05, 4.69) is 10.3 Å². The number of hydrogen-bond donors (Lipinski definition) is 1. The molecule has 3 aromatic rings. The highest BCUT2D eigenvalue weighted by atomic mass is 35.5. The summed E-state index contributed by atoms with van der Waals surface area (Å²) in [4.78, 5) is 11.4. The predicted molar refractivity (Wildman–Crippen MR) is 96.8 cm³/mol. The molecule has 0 saturated carbocycles. The molecule has 1 N–H and O–H groups in total. The second kappa shape index (κ2) is 7.57. The first kappa shape index (κ1) is 20.4. The minimum atomic E-state index is -4.70. The third-order valence-corrected chi connectivity index (χ3v) is 5.47. The molecule has 0 aliphatic carbocycles. The molecule has 1 heterocycles. The number of carbonyl (C=O) groups excluding carboxylic acids is 1. The molecule has 148 valence electrons. The zero-order valence-corrected chi connectivity index (χ0v) is 16.1. The fourth-order valence-corrected chi connectivity index (χ4v) is 3.73. The average Bonchev–Trinajstić information content (AvgIpc) is 3.04. The molecule has 2 aromatic carbocycles. The van der Waals surface area contributed by atoms with Crippen LogP contribution in [0.4, 0.5) is 8.78 Å². The molecule has 29 heavy (non-hydrogen) atoms. The lowest BCUT2D eigenvalue weighted by Gasteiger charge is -2.08. The normalized spacial score (nSPS) is 11.1. The van der Waals surface area contributed by atoms with Gasteiger partial charge in [0.25, 0.3) is 15.9 Å². The number of aromatic nitrogens is 3. The van der Waals surface area contributed by atoms with Gasteiger partial charge in [0.2, 0.25) is 0 Å². The van der Waals surface area contributed by atoms with E-state index in [1.807, 2.05) is 6.07 Å². The van der Waals surface area contributed by atoms with E-state index in [0.717, 1.165) is 6.07 Å². The predicted octanol–water partition coefficient (Wildman–Crippen LogP) is 2.50. The fraction of sp³-hybridized carbons (Fsp3) is 0.0588. The summed E-state index contributed by atoms with van der Waals surface area (Å²) in [5.41, 5.74) is 0.362. The second-order valence-corrected chi connectivity index (χ2v) is 7.78. The number of benzene rings is 2.